The van der Waals surface area contributed by atoms with Gasteiger partial charge in [0.1, 0.15) is 0 Å². The number of carbonyl (C=O) groups is 2. The average Bonchev–Trinajstić information content (AvgIpc) is 3.23. The van der Waals surface area contributed by atoms with Gasteiger partial charge in [0.15, 0.2) is 0 Å². The quantitative estimate of drug-likeness (QED) is 0.548. The molecule has 1 aliphatic rings. The Morgan fingerprint density at radius 2 is 1.88 bits per heavy atom. The number of fused-ring (bicyclic) bond motifs is 1. The minimum absolute atomic E-state index is 0.0337. The summed E-state index contributed by atoms with van der Waals surface area (Å²) >= 11 is 0. The molecule has 0 unspecified atom stereocenters. The van der Waals surface area contributed by atoms with E-state index in [1.165, 1.54) is 6.20 Å². The first-order valence-electron chi connectivity index (χ1n) is 11.1. The molecule has 32 heavy (non-hydrogen) atoms. The Hall–Kier alpha value is -3.42. The Balaban J connectivity index is 1.61. The zero-order valence-corrected chi connectivity index (χ0v) is 18.8. The number of amides is 2. The lowest BCUT2D eigenvalue weighted by Crippen LogP contribution is -2.36. The molecule has 2 aromatic heterocycles. The Morgan fingerprint density at radius 3 is 2.53 bits per heavy atom. The third kappa shape index (κ3) is 4.59. The van der Waals surface area contributed by atoms with Crippen LogP contribution in [0, 0.1) is 0 Å². The van der Waals surface area contributed by atoms with E-state index in [0.29, 0.717) is 17.3 Å². The Morgan fingerprint density at radius 1 is 1.12 bits per heavy atom. The van der Waals surface area contributed by atoms with E-state index in [0.717, 1.165) is 47.7 Å². The Kier molecular flexibility index (Phi) is 6.12. The van der Waals surface area contributed by atoms with Crippen molar-refractivity contribution in [1.29, 1.82) is 0 Å². The number of rotatable bonds is 6. The van der Waals surface area contributed by atoms with Gasteiger partial charge >= 0.3 is 0 Å². The van der Waals surface area contributed by atoms with Gasteiger partial charge in [-0.05, 0) is 57.2 Å². The van der Waals surface area contributed by atoms with Gasteiger partial charge in [-0.2, -0.15) is 5.10 Å². The summed E-state index contributed by atoms with van der Waals surface area (Å²) in [5.41, 5.74) is 9.51. The number of carbonyl (C=O) groups excluding carboxylic acids is 2. The van der Waals surface area contributed by atoms with Crippen LogP contribution in [0.1, 0.15) is 62.9 Å². The van der Waals surface area contributed by atoms with Gasteiger partial charge in [0.05, 0.1) is 29.0 Å². The molecule has 1 fully saturated rings. The standard InChI is InChI=1S/C24H30N6O2/c1-14(2)28-23-20-10-16(4-9-22(20)26-12-21(23)24(25)32)17-11-27-30(13-17)19-7-5-18(6-8-19)29-15(3)31/h4,9-14,18-19H,5-8H2,1-3H3,(H2,25,32)(H,26,28)(H,29,31). The van der Waals surface area contributed by atoms with Crippen LogP contribution in [0.25, 0.3) is 22.0 Å². The number of hydrogen-bond donors (Lipinski definition) is 3. The van der Waals surface area contributed by atoms with Crippen molar-refractivity contribution in [3.8, 4) is 11.1 Å². The summed E-state index contributed by atoms with van der Waals surface area (Å²) in [4.78, 5) is 27.7. The lowest BCUT2D eigenvalue weighted by Gasteiger charge is -2.28. The third-order valence-corrected chi connectivity index (χ3v) is 5.98. The van der Waals surface area contributed by atoms with Crippen molar-refractivity contribution < 1.29 is 9.59 Å². The second-order valence-electron chi connectivity index (χ2n) is 8.86. The molecular weight excluding hydrogens is 404 g/mol. The largest absolute Gasteiger partial charge is 0.382 e. The van der Waals surface area contributed by atoms with E-state index in [4.69, 9.17) is 5.73 Å². The number of nitrogens with zero attached hydrogens (tertiary/aromatic N) is 3. The number of aromatic nitrogens is 3. The second-order valence-corrected chi connectivity index (χ2v) is 8.86. The highest BCUT2D eigenvalue weighted by molar-refractivity contribution is 6.07. The van der Waals surface area contributed by atoms with Crippen molar-refractivity contribution in [2.75, 3.05) is 5.32 Å². The molecule has 0 saturated heterocycles. The monoisotopic (exact) mass is 434 g/mol. The SMILES string of the molecule is CC(=O)NC1CCC(n2cc(-c3ccc4ncc(C(N)=O)c(NC(C)C)c4c3)cn2)CC1. The summed E-state index contributed by atoms with van der Waals surface area (Å²) < 4.78 is 2.04. The predicted molar refractivity (Wildman–Crippen MR) is 125 cm³/mol. The molecule has 2 heterocycles. The van der Waals surface area contributed by atoms with Crippen LogP contribution >= 0.6 is 0 Å². The molecule has 0 aliphatic heterocycles. The lowest BCUT2D eigenvalue weighted by atomic mass is 9.91. The van der Waals surface area contributed by atoms with Crippen LogP contribution in [0.5, 0.6) is 0 Å². The normalized spacial score (nSPS) is 18.6. The van der Waals surface area contributed by atoms with Gasteiger partial charge in [0.2, 0.25) is 5.91 Å². The minimum Gasteiger partial charge on any atom is -0.382 e. The van der Waals surface area contributed by atoms with Crippen molar-refractivity contribution in [1.82, 2.24) is 20.1 Å². The fourth-order valence-corrected chi connectivity index (χ4v) is 4.46. The van der Waals surface area contributed by atoms with Crippen LogP contribution in [-0.4, -0.2) is 38.7 Å². The summed E-state index contributed by atoms with van der Waals surface area (Å²) in [5, 5.41) is 11.9. The van der Waals surface area contributed by atoms with Crippen molar-refractivity contribution >= 4 is 28.4 Å². The molecule has 0 atom stereocenters. The first kappa shape index (κ1) is 21.8. The summed E-state index contributed by atoms with van der Waals surface area (Å²) in [6.07, 6.45) is 9.37. The molecule has 168 valence electrons. The summed E-state index contributed by atoms with van der Waals surface area (Å²) in [5.74, 6) is -0.470. The predicted octanol–water partition coefficient (Wildman–Crippen LogP) is 3.64. The van der Waals surface area contributed by atoms with Crippen molar-refractivity contribution in [3.05, 3.63) is 42.4 Å². The molecule has 1 aromatic carbocycles. The molecule has 2 amide bonds. The van der Waals surface area contributed by atoms with Crippen LogP contribution in [-0.2, 0) is 4.79 Å². The highest BCUT2D eigenvalue weighted by Crippen LogP contribution is 2.33. The van der Waals surface area contributed by atoms with Gasteiger partial charge in [-0.1, -0.05) is 6.07 Å². The van der Waals surface area contributed by atoms with Gasteiger partial charge in [-0.3, -0.25) is 19.3 Å². The Bertz CT molecular complexity index is 1140. The van der Waals surface area contributed by atoms with Gasteiger partial charge in [0, 0.05) is 42.4 Å². The summed E-state index contributed by atoms with van der Waals surface area (Å²) in [7, 11) is 0. The van der Waals surface area contributed by atoms with E-state index in [1.54, 1.807) is 6.92 Å². The molecular formula is C24H30N6O2. The van der Waals surface area contributed by atoms with E-state index < -0.39 is 5.91 Å². The first-order chi connectivity index (χ1) is 15.3. The smallest absolute Gasteiger partial charge is 0.252 e. The maximum Gasteiger partial charge on any atom is 0.252 e. The van der Waals surface area contributed by atoms with Crippen molar-refractivity contribution in [2.45, 2.75) is 64.6 Å². The number of hydrogen-bond acceptors (Lipinski definition) is 5. The maximum absolute atomic E-state index is 12.0. The number of nitrogens with one attached hydrogen (secondary N) is 2. The highest BCUT2D eigenvalue weighted by atomic mass is 16.1. The van der Waals surface area contributed by atoms with Gasteiger partial charge in [0.25, 0.3) is 5.91 Å². The molecule has 1 saturated carbocycles. The molecule has 3 aromatic rings. The van der Waals surface area contributed by atoms with Gasteiger partial charge < -0.3 is 16.4 Å². The average molecular weight is 435 g/mol. The summed E-state index contributed by atoms with van der Waals surface area (Å²) in [6.45, 7) is 5.61. The molecule has 0 radical (unpaired) electrons. The van der Waals surface area contributed by atoms with E-state index in [-0.39, 0.29) is 18.0 Å². The third-order valence-electron chi connectivity index (χ3n) is 5.98. The maximum atomic E-state index is 12.0. The number of pyridine rings is 1. The zero-order chi connectivity index (χ0) is 22.8. The first-order valence-corrected chi connectivity index (χ1v) is 11.1. The lowest BCUT2D eigenvalue weighted by molar-refractivity contribution is -0.119. The molecule has 1 aliphatic carbocycles. The molecule has 8 nitrogen and oxygen atoms in total. The highest BCUT2D eigenvalue weighted by Gasteiger charge is 2.23. The number of benzene rings is 1. The van der Waals surface area contributed by atoms with Gasteiger partial charge in [-0.15, -0.1) is 0 Å². The van der Waals surface area contributed by atoms with E-state index in [2.05, 4.69) is 26.9 Å². The molecule has 4 rings (SSSR count). The second kappa shape index (κ2) is 8.98. The van der Waals surface area contributed by atoms with E-state index in [9.17, 15) is 9.59 Å². The number of primary amides is 1. The minimum atomic E-state index is -0.504. The van der Waals surface area contributed by atoms with Crippen molar-refractivity contribution in [2.24, 2.45) is 5.73 Å². The molecule has 8 heteroatoms. The van der Waals surface area contributed by atoms with Crippen LogP contribution in [0.2, 0.25) is 0 Å². The van der Waals surface area contributed by atoms with E-state index in [1.807, 2.05) is 42.9 Å². The van der Waals surface area contributed by atoms with Crippen LogP contribution < -0.4 is 16.4 Å². The van der Waals surface area contributed by atoms with Gasteiger partial charge in [-0.25, -0.2) is 0 Å². The van der Waals surface area contributed by atoms with Crippen LogP contribution in [0.4, 0.5) is 5.69 Å². The fraction of sp³-hybridized carbons (Fsp3) is 0.417. The van der Waals surface area contributed by atoms with Crippen LogP contribution in [0.3, 0.4) is 0 Å². The van der Waals surface area contributed by atoms with Crippen LogP contribution in [0.15, 0.2) is 36.8 Å². The van der Waals surface area contributed by atoms with Crippen molar-refractivity contribution in [3.63, 3.8) is 0 Å². The fourth-order valence-electron chi connectivity index (χ4n) is 4.46. The topological polar surface area (TPSA) is 115 Å². The zero-order valence-electron chi connectivity index (χ0n) is 18.8. The Labute approximate surface area is 187 Å². The summed E-state index contributed by atoms with van der Waals surface area (Å²) in [6, 6.07) is 6.74. The molecule has 0 spiro atoms. The van der Waals surface area contributed by atoms with E-state index >= 15 is 0 Å². The molecule has 0 bridgehead atoms. The number of nitrogens with two attached hydrogens (primary N) is 1. The molecule has 4 N–H and O–H groups in total. The number of anilines is 1.